The summed E-state index contributed by atoms with van der Waals surface area (Å²) in [7, 11) is 0. The van der Waals surface area contributed by atoms with Crippen LogP contribution < -0.4 is 0 Å². The molecule has 0 aromatic carbocycles. The van der Waals surface area contributed by atoms with Gasteiger partial charge < -0.3 is 4.74 Å². The van der Waals surface area contributed by atoms with Crippen LogP contribution in [0.3, 0.4) is 0 Å². The summed E-state index contributed by atoms with van der Waals surface area (Å²) >= 11 is 7.06. The first kappa shape index (κ1) is 19.7. The third-order valence-corrected chi connectivity index (χ3v) is 3.14. The van der Waals surface area contributed by atoms with Crippen LogP contribution in [0, 0.1) is 0 Å². The highest BCUT2D eigenvalue weighted by Crippen LogP contribution is 2.53. The fourth-order valence-electron chi connectivity index (χ4n) is 0.896. The molecule has 0 aliphatic heterocycles. The zero-order chi connectivity index (χ0) is 16.4. The van der Waals surface area contributed by atoms with Crippen LogP contribution in [0.4, 0.5) is 39.5 Å². The van der Waals surface area contributed by atoms with E-state index in [1.165, 1.54) is 0 Å². The fourth-order valence-corrected chi connectivity index (χ4v) is 1.14. The lowest BCUT2D eigenvalue weighted by Crippen LogP contribution is -2.61. The Morgan fingerprint density at radius 1 is 0.900 bits per heavy atom. The van der Waals surface area contributed by atoms with Crippen molar-refractivity contribution < 1.29 is 44.3 Å². The summed E-state index contributed by atoms with van der Waals surface area (Å²) in [6.45, 7) is -1.24. The van der Waals surface area contributed by atoms with Crippen molar-refractivity contribution in [2.75, 3.05) is 11.9 Å². The molecule has 120 valence electrons. The van der Waals surface area contributed by atoms with Crippen LogP contribution in [0.5, 0.6) is 0 Å². The second-order valence-electron chi connectivity index (χ2n) is 3.46. The van der Waals surface area contributed by atoms with Gasteiger partial charge in [-0.25, -0.2) is 0 Å². The van der Waals surface area contributed by atoms with E-state index >= 15 is 0 Å². The lowest BCUT2D eigenvalue weighted by molar-refractivity contribution is -0.397. The molecule has 0 radical (unpaired) electrons. The Bertz CT molecular complexity index is 354. The van der Waals surface area contributed by atoms with Crippen molar-refractivity contribution in [1.82, 2.24) is 0 Å². The van der Waals surface area contributed by atoms with Crippen molar-refractivity contribution in [3.63, 3.8) is 0 Å². The van der Waals surface area contributed by atoms with Gasteiger partial charge in [-0.3, -0.25) is 0 Å². The van der Waals surface area contributed by atoms with E-state index in [2.05, 4.69) is 32.9 Å². The molecule has 0 heterocycles. The van der Waals surface area contributed by atoms with Gasteiger partial charge in [-0.1, -0.05) is 15.9 Å². The molecule has 0 atom stereocenters. The number of thiocarbonyl (C=S) groups is 1. The Kier molecular flexibility index (Phi) is 6.16. The minimum absolute atomic E-state index is 0.122. The van der Waals surface area contributed by atoms with Gasteiger partial charge in [0.05, 0.1) is 18.4 Å². The molecular weight excluding hydrogens is 395 g/mol. The van der Waals surface area contributed by atoms with Gasteiger partial charge in [0, 0.05) is 0 Å². The van der Waals surface area contributed by atoms with E-state index < -0.39 is 37.0 Å². The molecule has 0 rings (SSSR count). The topological polar surface area (TPSA) is 9.23 Å². The van der Waals surface area contributed by atoms with Crippen LogP contribution in [0.15, 0.2) is 0 Å². The lowest BCUT2D eigenvalue weighted by Gasteiger charge is -2.33. The lowest BCUT2D eigenvalue weighted by atomic mass is 10.0. The van der Waals surface area contributed by atoms with E-state index in [4.69, 9.17) is 0 Å². The maximum atomic E-state index is 12.9. The van der Waals surface area contributed by atoms with Crippen molar-refractivity contribution in [3.8, 4) is 0 Å². The van der Waals surface area contributed by atoms with Gasteiger partial charge in [0.25, 0.3) is 0 Å². The van der Waals surface area contributed by atoms with Crippen LogP contribution in [-0.4, -0.2) is 40.9 Å². The minimum Gasteiger partial charge on any atom is -0.486 e. The zero-order valence-electron chi connectivity index (χ0n) is 9.22. The Labute approximate surface area is 120 Å². The van der Waals surface area contributed by atoms with Crippen LogP contribution in [0.25, 0.3) is 0 Å². The molecule has 0 aliphatic carbocycles. The van der Waals surface area contributed by atoms with Gasteiger partial charge in [0.1, 0.15) is 0 Å². The van der Waals surface area contributed by atoms with Crippen molar-refractivity contribution >= 4 is 33.2 Å². The van der Waals surface area contributed by atoms with Crippen molar-refractivity contribution in [2.45, 2.75) is 30.4 Å². The average molecular weight is 401 g/mol. The molecule has 0 spiro atoms. The Morgan fingerprint density at radius 2 is 1.35 bits per heavy atom. The summed E-state index contributed by atoms with van der Waals surface area (Å²) in [5, 5.41) is -0.463. The first-order chi connectivity index (χ1) is 8.70. The SMILES string of the molecule is FC(F)(F)C(F)(F)C(F)(F)C(F)(F)CCOC(=S)CBr. The van der Waals surface area contributed by atoms with E-state index in [-0.39, 0.29) is 10.4 Å². The third kappa shape index (κ3) is 3.89. The smallest absolute Gasteiger partial charge is 0.460 e. The second kappa shape index (κ2) is 6.24. The zero-order valence-corrected chi connectivity index (χ0v) is 11.6. The van der Waals surface area contributed by atoms with Crippen LogP contribution in [0.2, 0.25) is 0 Å². The largest absolute Gasteiger partial charge is 0.486 e. The van der Waals surface area contributed by atoms with Crippen molar-refractivity contribution in [3.05, 3.63) is 0 Å². The average Bonchev–Trinajstić information content (AvgIpc) is 2.26. The van der Waals surface area contributed by atoms with Gasteiger partial charge in [-0.2, -0.15) is 39.5 Å². The summed E-state index contributed by atoms with van der Waals surface area (Å²) < 4.78 is 116. The van der Waals surface area contributed by atoms with E-state index in [1.54, 1.807) is 0 Å². The number of rotatable bonds is 6. The van der Waals surface area contributed by atoms with Gasteiger partial charge >= 0.3 is 23.9 Å². The first-order valence-corrected chi connectivity index (χ1v) is 6.15. The highest BCUT2D eigenvalue weighted by Gasteiger charge is 2.81. The molecule has 0 aromatic rings. The molecule has 0 unspecified atom stereocenters. The molecule has 0 amide bonds. The van der Waals surface area contributed by atoms with Gasteiger partial charge in [-0.05, 0) is 12.2 Å². The summed E-state index contributed by atoms with van der Waals surface area (Å²) in [5.74, 6) is -19.1. The Morgan fingerprint density at radius 3 is 1.70 bits per heavy atom. The quantitative estimate of drug-likeness (QED) is 0.366. The monoisotopic (exact) mass is 400 g/mol. The van der Waals surface area contributed by atoms with E-state index in [0.29, 0.717) is 0 Å². The summed E-state index contributed by atoms with van der Waals surface area (Å²) in [4.78, 5) is 0. The number of hydrogen-bond donors (Lipinski definition) is 0. The highest BCUT2D eigenvalue weighted by molar-refractivity contribution is 9.09. The molecule has 0 aliphatic rings. The van der Waals surface area contributed by atoms with Crippen molar-refractivity contribution in [1.29, 1.82) is 0 Å². The van der Waals surface area contributed by atoms with Crippen LogP contribution >= 0.6 is 28.1 Å². The standard InChI is InChI=1S/C8H6BrF9OS/c9-3-4(20)19-2-1-5(10,11)6(12,13)7(14,15)8(16,17)18/h1-3H2. The first-order valence-electron chi connectivity index (χ1n) is 4.62. The van der Waals surface area contributed by atoms with Gasteiger partial charge in [0.15, 0.2) is 5.05 Å². The number of hydrogen-bond acceptors (Lipinski definition) is 2. The minimum atomic E-state index is -6.88. The second-order valence-corrected chi connectivity index (χ2v) is 4.47. The molecule has 20 heavy (non-hydrogen) atoms. The van der Waals surface area contributed by atoms with Crippen LogP contribution in [0.1, 0.15) is 6.42 Å². The van der Waals surface area contributed by atoms with Crippen molar-refractivity contribution in [2.24, 2.45) is 0 Å². The normalized spacial score (nSPS) is 14.3. The number of alkyl halides is 10. The highest BCUT2D eigenvalue weighted by atomic mass is 79.9. The molecule has 0 saturated carbocycles. The van der Waals surface area contributed by atoms with E-state index in [9.17, 15) is 39.5 Å². The summed E-state index contributed by atoms with van der Waals surface area (Å²) in [5.41, 5.74) is 0. The fraction of sp³-hybridized carbons (Fsp3) is 0.875. The van der Waals surface area contributed by atoms with E-state index in [0.717, 1.165) is 0 Å². The maximum absolute atomic E-state index is 12.9. The summed E-state index contributed by atoms with van der Waals surface area (Å²) in [6, 6.07) is 0. The number of ether oxygens (including phenoxy) is 1. The predicted molar refractivity (Wildman–Crippen MR) is 57.9 cm³/mol. The molecular formula is C8H6BrF9OS. The van der Waals surface area contributed by atoms with E-state index in [1.807, 2.05) is 0 Å². The molecule has 0 bridgehead atoms. The molecule has 12 heteroatoms. The number of halogens is 10. The molecule has 0 fully saturated rings. The molecule has 0 saturated heterocycles. The van der Waals surface area contributed by atoms with Gasteiger partial charge in [-0.15, -0.1) is 0 Å². The molecule has 0 aromatic heterocycles. The van der Waals surface area contributed by atoms with Gasteiger partial charge in [0.2, 0.25) is 0 Å². The predicted octanol–water partition coefficient (Wildman–Crippen LogP) is 4.58. The Balaban J connectivity index is 5.03. The maximum Gasteiger partial charge on any atom is 0.460 e. The molecule has 0 N–H and O–H groups in total. The third-order valence-electron chi connectivity index (χ3n) is 2.00. The molecule has 1 nitrogen and oxygen atoms in total. The summed E-state index contributed by atoms with van der Waals surface area (Å²) in [6.07, 6.45) is -8.87. The Hall–Kier alpha value is -0.260. The van der Waals surface area contributed by atoms with Crippen LogP contribution in [-0.2, 0) is 4.74 Å².